The number of imidazole rings is 1. The van der Waals surface area contributed by atoms with Gasteiger partial charge in [0.25, 0.3) is 5.91 Å². The van der Waals surface area contributed by atoms with Crippen LogP contribution in [0.2, 0.25) is 5.15 Å². The molecular weight excluding hydrogens is 497 g/mol. The average molecular weight is 523 g/mol. The Labute approximate surface area is 210 Å². The van der Waals surface area contributed by atoms with Crippen molar-refractivity contribution in [1.82, 2.24) is 24.9 Å². The van der Waals surface area contributed by atoms with E-state index in [-0.39, 0.29) is 22.9 Å². The van der Waals surface area contributed by atoms with E-state index in [4.69, 9.17) is 11.6 Å². The fourth-order valence-electron chi connectivity index (χ4n) is 4.33. The van der Waals surface area contributed by atoms with Gasteiger partial charge in [-0.2, -0.15) is 13.2 Å². The number of anilines is 3. The molecule has 0 spiro atoms. The Balaban J connectivity index is 1.32. The smallest absolute Gasteiger partial charge is 0.379 e. The van der Waals surface area contributed by atoms with Gasteiger partial charge in [0, 0.05) is 36.1 Å². The highest BCUT2D eigenvalue weighted by Gasteiger charge is 2.30. The van der Waals surface area contributed by atoms with E-state index in [1.807, 2.05) is 6.07 Å². The van der Waals surface area contributed by atoms with Gasteiger partial charge in [-0.15, -0.1) is 5.10 Å². The molecular formula is C23H26ClF3N8O. The number of nitrogens with zero attached hydrogens (tertiary/aromatic N) is 4. The number of pyridine rings is 1. The molecule has 0 atom stereocenters. The van der Waals surface area contributed by atoms with Gasteiger partial charge in [-0.3, -0.25) is 4.79 Å². The first-order valence-corrected chi connectivity index (χ1v) is 12.3. The molecule has 192 valence electrons. The van der Waals surface area contributed by atoms with Gasteiger partial charge in [-0.05, 0) is 50.7 Å². The van der Waals surface area contributed by atoms with Gasteiger partial charge in [0.1, 0.15) is 11.0 Å². The first-order chi connectivity index (χ1) is 17.2. The number of hydrogen-bond donors (Lipinski definition) is 4. The molecule has 3 aromatic heterocycles. The fourth-order valence-corrected chi connectivity index (χ4v) is 4.51. The van der Waals surface area contributed by atoms with Gasteiger partial charge in [0.2, 0.25) is 0 Å². The lowest BCUT2D eigenvalue weighted by Gasteiger charge is -2.30. The molecule has 3 heterocycles. The molecule has 0 saturated heterocycles. The van der Waals surface area contributed by atoms with Crippen molar-refractivity contribution in [2.45, 2.75) is 62.8 Å². The Morgan fingerprint density at radius 3 is 2.42 bits per heavy atom. The summed E-state index contributed by atoms with van der Waals surface area (Å²) >= 11 is 5.92. The number of carbonyl (C=O) groups excluding carboxylic acids is 1. The van der Waals surface area contributed by atoms with E-state index in [1.54, 1.807) is 12.1 Å². The molecule has 5 rings (SSSR count). The second-order valence-corrected chi connectivity index (χ2v) is 9.64. The first kappa shape index (κ1) is 24.6. The van der Waals surface area contributed by atoms with Crippen molar-refractivity contribution in [3.05, 3.63) is 41.4 Å². The topological polar surface area (TPSA) is 108 Å². The van der Waals surface area contributed by atoms with E-state index >= 15 is 0 Å². The monoisotopic (exact) mass is 522 g/mol. The van der Waals surface area contributed by atoms with Crippen molar-refractivity contribution >= 4 is 40.3 Å². The zero-order valence-corrected chi connectivity index (χ0v) is 20.0. The van der Waals surface area contributed by atoms with Gasteiger partial charge in [-0.25, -0.2) is 14.5 Å². The molecule has 0 radical (unpaired) electrons. The second-order valence-electron chi connectivity index (χ2n) is 9.25. The van der Waals surface area contributed by atoms with Crippen molar-refractivity contribution in [1.29, 1.82) is 0 Å². The van der Waals surface area contributed by atoms with Crippen molar-refractivity contribution < 1.29 is 18.0 Å². The molecule has 9 nitrogen and oxygen atoms in total. The van der Waals surface area contributed by atoms with Crippen LogP contribution >= 0.6 is 11.6 Å². The van der Waals surface area contributed by atoms with Crippen LogP contribution in [0.15, 0.2) is 30.6 Å². The summed E-state index contributed by atoms with van der Waals surface area (Å²) in [4.78, 5) is 21.4. The summed E-state index contributed by atoms with van der Waals surface area (Å²) < 4.78 is 39.0. The third-order valence-electron chi connectivity index (χ3n) is 6.29. The van der Waals surface area contributed by atoms with E-state index in [2.05, 4.69) is 36.3 Å². The van der Waals surface area contributed by atoms with Crippen LogP contribution in [0.1, 0.15) is 49.0 Å². The van der Waals surface area contributed by atoms with Crippen molar-refractivity contribution in [3.8, 4) is 0 Å². The van der Waals surface area contributed by atoms with Crippen LogP contribution in [0.25, 0.3) is 5.65 Å². The minimum atomic E-state index is -4.21. The summed E-state index contributed by atoms with van der Waals surface area (Å²) in [5, 5.41) is 17.1. The lowest BCUT2D eigenvalue weighted by atomic mass is 9.91. The number of halogens is 4. The van der Waals surface area contributed by atoms with Crippen molar-refractivity contribution in [3.63, 3.8) is 0 Å². The number of rotatable bonds is 8. The van der Waals surface area contributed by atoms with Crippen LogP contribution in [0.3, 0.4) is 0 Å². The molecule has 4 N–H and O–H groups in total. The van der Waals surface area contributed by atoms with Gasteiger partial charge in [0.05, 0.1) is 18.4 Å². The highest BCUT2D eigenvalue weighted by atomic mass is 35.5. The van der Waals surface area contributed by atoms with Crippen LogP contribution < -0.4 is 21.3 Å². The van der Waals surface area contributed by atoms with Crippen molar-refractivity contribution in [2.24, 2.45) is 0 Å². The zero-order chi connectivity index (χ0) is 25.3. The number of hydrogen-bond acceptors (Lipinski definition) is 7. The maximum Gasteiger partial charge on any atom is 0.401 e. The summed E-state index contributed by atoms with van der Waals surface area (Å²) in [6.07, 6.45) is 3.57. The first-order valence-electron chi connectivity index (χ1n) is 11.9. The molecule has 3 aromatic rings. The van der Waals surface area contributed by atoms with E-state index in [0.29, 0.717) is 48.9 Å². The van der Waals surface area contributed by atoms with Gasteiger partial charge in [0.15, 0.2) is 11.3 Å². The molecule has 2 fully saturated rings. The highest BCUT2D eigenvalue weighted by Crippen LogP contribution is 2.30. The van der Waals surface area contributed by atoms with Gasteiger partial charge in [-0.1, -0.05) is 11.6 Å². The summed E-state index contributed by atoms with van der Waals surface area (Å²) in [5.74, 6) is 0.166. The molecule has 2 saturated carbocycles. The largest absolute Gasteiger partial charge is 0.401 e. The van der Waals surface area contributed by atoms with E-state index < -0.39 is 18.6 Å². The van der Waals surface area contributed by atoms with Crippen LogP contribution in [0.4, 0.5) is 30.4 Å². The van der Waals surface area contributed by atoms with E-state index in [1.165, 1.54) is 16.9 Å². The lowest BCUT2D eigenvalue weighted by Crippen LogP contribution is -2.41. The maximum atomic E-state index is 13.0. The zero-order valence-electron chi connectivity index (χ0n) is 19.3. The van der Waals surface area contributed by atoms with Crippen molar-refractivity contribution in [2.75, 3.05) is 22.5 Å². The van der Waals surface area contributed by atoms with E-state index in [0.717, 1.165) is 18.5 Å². The summed E-state index contributed by atoms with van der Waals surface area (Å²) in [5.41, 5.74) is 2.05. The van der Waals surface area contributed by atoms with Gasteiger partial charge < -0.3 is 21.3 Å². The number of alkyl halides is 3. The van der Waals surface area contributed by atoms with Crippen LogP contribution in [-0.4, -0.2) is 56.3 Å². The predicted octanol–water partition coefficient (Wildman–Crippen LogP) is 4.48. The predicted molar refractivity (Wildman–Crippen MR) is 131 cm³/mol. The molecule has 2 aliphatic rings. The average Bonchev–Trinajstić information content (AvgIpc) is 3.53. The Morgan fingerprint density at radius 2 is 1.72 bits per heavy atom. The normalized spacial score (nSPS) is 20.3. The standard InChI is InChI=1S/C23H26ClF3N8O/c24-19-9-16(7-8-28-19)33-22(36)18-11-29-21-17(31-14-5-6-14)10-20(34-35(18)21)32-15-3-1-13(2-4-15)30-12-23(25,26)27/h7-11,13-15,30-31H,1-6,12H2,(H,32,34)(H,28,33,36). The second kappa shape index (κ2) is 10.1. The molecule has 0 unspecified atom stereocenters. The summed E-state index contributed by atoms with van der Waals surface area (Å²) in [6.45, 7) is -0.971. The molecule has 1 amide bonds. The molecule has 36 heavy (non-hydrogen) atoms. The van der Waals surface area contributed by atoms with Crippen LogP contribution in [0, 0.1) is 0 Å². The fraction of sp³-hybridized carbons (Fsp3) is 0.478. The molecule has 13 heteroatoms. The number of amides is 1. The quantitative estimate of drug-likeness (QED) is 0.323. The minimum Gasteiger partial charge on any atom is -0.379 e. The van der Waals surface area contributed by atoms with Crippen LogP contribution in [-0.2, 0) is 0 Å². The number of aromatic nitrogens is 4. The third kappa shape index (κ3) is 6.16. The molecule has 0 aromatic carbocycles. The van der Waals surface area contributed by atoms with Gasteiger partial charge >= 0.3 is 6.18 Å². The summed E-state index contributed by atoms with van der Waals surface area (Å²) in [7, 11) is 0. The Bertz CT molecular complexity index is 1240. The number of fused-ring (bicyclic) bond motifs is 1. The van der Waals surface area contributed by atoms with Crippen LogP contribution in [0.5, 0.6) is 0 Å². The highest BCUT2D eigenvalue weighted by molar-refractivity contribution is 6.29. The summed E-state index contributed by atoms with van der Waals surface area (Å²) in [6, 6.07) is 5.31. The Kier molecular flexibility index (Phi) is 6.89. The molecule has 0 bridgehead atoms. The molecule has 0 aliphatic heterocycles. The minimum absolute atomic E-state index is 0.0624. The third-order valence-corrected chi connectivity index (χ3v) is 6.50. The lowest BCUT2D eigenvalue weighted by molar-refractivity contribution is -0.126. The Hall–Kier alpha value is -3.12. The van der Waals surface area contributed by atoms with E-state index in [9.17, 15) is 18.0 Å². The number of nitrogens with one attached hydrogen (secondary N) is 4. The number of carbonyl (C=O) groups is 1. The SMILES string of the molecule is O=C(Nc1ccnc(Cl)c1)c1cnc2c(NC3CC3)cc(NC3CCC(NCC(F)(F)F)CC3)nn12. The Morgan fingerprint density at radius 1 is 1.03 bits per heavy atom. The maximum absolute atomic E-state index is 13.0. The molecule has 2 aliphatic carbocycles.